The van der Waals surface area contributed by atoms with Crippen LogP contribution in [0.1, 0.15) is 131 Å². The van der Waals surface area contributed by atoms with Crippen molar-refractivity contribution >= 4 is 5.78 Å². The van der Waals surface area contributed by atoms with Gasteiger partial charge in [0.25, 0.3) is 0 Å². The van der Waals surface area contributed by atoms with E-state index in [1.807, 2.05) is 0 Å². The van der Waals surface area contributed by atoms with Crippen LogP contribution in [0.4, 0.5) is 0 Å². The van der Waals surface area contributed by atoms with Crippen molar-refractivity contribution in [2.75, 3.05) is 0 Å². The molecule has 3 N–H and O–H groups in total. The van der Waals surface area contributed by atoms with E-state index < -0.39 is 22.9 Å². The predicted molar refractivity (Wildman–Crippen MR) is 186 cm³/mol. The SMILES string of the molecule is CC1(C)CCC[C@]2(C)[C@H]3C=C4C(=CC(=O)C(O)=C4[C@@H]4c5cc(O)c(O)cc5O[C@@]5(C)CC[C@H]6C(C)(C)CCC[C@]6(C)[C@@H]45)O[C@@]3(C)CC[C@@H]12. The van der Waals surface area contributed by atoms with Crippen LogP contribution >= 0.6 is 0 Å². The standard InChI is InChI=1S/C42H56O6/c1-37(2)13-9-15-39(5)30(37)11-17-41(7)32(39)20-24-29(47-41)22-27(45)35(46)33(24)34-23-19-25(43)26(44)21-28(23)48-42(8)18-12-31-38(3,4)14-10-16-40(31,6)36(34)42/h19-22,30-32,34,36,43-44,46H,9-18H2,1-8H3/t30-,31-,32+,34-,36+,39-,40-,41-,42-/m0/s1. The van der Waals surface area contributed by atoms with Crippen LogP contribution in [-0.2, 0) is 9.53 Å². The number of hydrogen-bond acceptors (Lipinski definition) is 6. The summed E-state index contributed by atoms with van der Waals surface area (Å²) in [5.41, 5.74) is 1.30. The van der Waals surface area contributed by atoms with E-state index in [2.05, 4.69) is 61.5 Å². The van der Waals surface area contributed by atoms with E-state index in [4.69, 9.17) is 9.47 Å². The lowest BCUT2D eigenvalue weighted by atomic mass is 9.42. The lowest BCUT2D eigenvalue weighted by Gasteiger charge is -2.65. The molecule has 0 saturated heterocycles. The lowest BCUT2D eigenvalue weighted by Crippen LogP contribution is -2.63. The Morgan fingerprint density at radius 2 is 1.29 bits per heavy atom. The van der Waals surface area contributed by atoms with Gasteiger partial charge in [-0.05, 0) is 105 Å². The first kappa shape index (κ1) is 32.3. The van der Waals surface area contributed by atoms with Gasteiger partial charge >= 0.3 is 0 Å². The molecule has 0 aromatic heterocycles. The number of allylic oxidation sites excluding steroid dienone is 2. The van der Waals surface area contributed by atoms with Gasteiger partial charge in [-0.15, -0.1) is 0 Å². The molecule has 2 aliphatic heterocycles. The number of aromatic hydroxyl groups is 2. The average molecular weight is 657 g/mol. The fourth-order valence-electron chi connectivity index (χ4n) is 13.7. The van der Waals surface area contributed by atoms with Crippen LogP contribution in [-0.4, -0.2) is 32.3 Å². The van der Waals surface area contributed by atoms with Crippen LogP contribution in [0.2, 0.25) is 0 Å². The molecule has 5 aliphatic carbocycles. The van der Waals surface area contributed by atoms with E-state index in [1.165, 1.54) is 31.4 Å². The van der Waals surface area contributed by atoms with Crippen LogP contribution in [0.5, 0.6) is 17.2 Å². The van der Waals surface area contributed by atoms with E-state index >= 15 is 0 Å². The Balaban J connectivity index is 1.37. The molecular formula is C42H56O6. The zero-order valence-corrected chi connectivity index (χ0v) is 30.3. The van der Waals surface area contributed by atoms with E-state index in [0.29, 0.717) is 28.9 Å². The molecule has 0 radical (unpaired) electrons. The Bertz CT molecular complexity index is 1690. The molecule has 7 aliphatic rings. The molecule has 6 heteroatoms. The average Bonchev–Trinajstić information content (AvgIpc) is 2.96. The Morgan fingerprint density at radius 3 is 1.96 bits per heavy atom. The van der Waals surface area contributed by atoms with E-state index in [0.717, 1.165) is 56.1 Å². The third kappa shape index (κ3) is 4.19. The van der Waals surface area contributed by atoms with E-state index in [9.17, 15) is 20.1 Å². The Morgan fingerprint density at radius 1 is 0.708 bits per heavy atom. The third-order valence-corrected chi connectivity index (χ3v) is 15.6. The van der Waals surface area contributed by atoms with Gasteiger partial charge in [0, 0.05) is 46.6 Å². The highest BCUT2D eigenvalue weighted by Crippen LogP contribution is 2.71. The second-order valence-electron chi connectivity index (χ2n) is 19.2. The van der Waals surface area contributed by atoms with Gasteiger partial charge < -0.3 is 24.8 Å². The molecule has 2 heterocycles. The number of rotatable bonds is 1. The van der Waals surface area contributed by atoms with Crippen LogP contribution in [0, 0.1) is 45.3 Å². The molecule has 1 aromatic carbocycles. The summed E-state index contributed by atoms with van der Waals surface area (Å²) in [6, 6.07) is 3.14. The monoisotopic (exact) mass is 656 g/mol. The third-order valence-electron chi connectivity index (χ3n) is 15.6. The molecule has 9 atom stereocenters. The maximum atomic E-state index is 13.9. The molecule has 0 unspecified atom stereocenters. The van der Waals surface area contributed by atoms with Crippen molar-refractivity contribution in [3.63, 3.8) is 0 Å². The molecule has 0 amide bonds. The highest BCUT2D eigenvalue weighted by atomic mass is 16.5. The van der Waals surface area contributed by atoms with Crippen LogP contribution < -0.4 is 4.74 Å². The summed E-state index contributed by atoms with van der Waals surface area (Å²) in [6.45, 7) is 19.0. The van der Waals surface area contributed by atoms with Crippen molar-refractivity contribution in [3.8, 4) is 17.2 Å². The molecule has 260 valence electrons. The van der Waals surface area contributed by atoms with Gasteiger partial charge in [0.2, 0.25) is 5.78 Å². The zero-order chi connectivity index (χ0) is 34.4. The van der Waals surface area contributed by atoms with Gasteiger partial charge in [-0.1, -0.05) is 60.5 Å². The number of phenolic OH excluding ortho intramolecular Hbond substituents is 2. The van der Waals surface area contributed by atoms with E-state index in [-0.39, 0.29) is 50.8 Å². The normalized spacial score (nSPS) is 43.8. The molecule has 8 rings (SSSR count). The summed E-state index contributed by atoms with van der Waals surface area (Å²) in [5, 5.41) is 33.8. The molecule has 4 fully saturated rings. The fraction of sp³-hybridized carbons (Fsp3) is 0.690. The predicted octanol–water partition coefficient (Wildman–Crippen LogP) is 9.81. The quantitative estimate of drug-likeness (QED) is 0.261. The molecular weight excluding hydrogens is 600 g/mol. The molecule has 6 nitrogen and oxygen atoms in total. The number of ether oxygens (including phenoxy) is 2. The Labute approximate surface area is 286 Å². The lowest BCUT2D eigenvalue weighted by molar-refractivity contribution is -0.171. The maximum Gasteiger partial charge on any atom is 0.224 e. The minimum atomic E-state index is -0.614. The van der Waals surface area contributed by atoms with Crippen molar-refractivity contribution < 1.29 is 29.6 Å². The van der Waals surface area contributed by atoms with Gasteiger partial charge in [-0.25, -0.2) is 0 Å². The molecule has 1 aromatic rings. The number of phenols is 2. The fourth-order valence-corrected chi connectivity index (χ4v) is 13.7. The number of aliphatic hydroxyl groups excluding tert-OH is 1. The van der Waals surface area contributed by atoms with Gasteiger partial charge in [-0.3, -0.25) is 4.79 Å². The van der Waals surface area contributed by atoms with Crippen molar-refractivity contribution in [2.45, 2.75) is 137 Å². The summed E-state index contributed by atoms with van der Waals surface area (Å²) in [6.07, 6.45) is 14.6. The number of hydrogen-bond donors (Lipinski definition) is 3. The zero-order valence-electron chi connectivity index (χ0n) is 30.3. The van der Waals surface area contributed by atoms with Gasteiger partial charge in [0.05, 0.1) is 0 Å². The number of fused-ring (bicyclic) bond motifs is 8. The van der Waals surface area contributed by atoms with Crippen LogP contribution in [0.3, 0.4) is 0 Å². The van der Waals surface area contributed by atoms with Gasteiger partial charge in [0.15, 0.2) is 17.3 Å². The first-order valence-corrected chi connectivity index (χ1v) is 18.7. The molecule has 4 saturated carbocycles. The van der Waals surface area contributed by atoms with Crippen molar-refractivity contribution in [2.24, 2.45) is 45.3 Å². The Hall–Kier alpha value is -2.89. The number of ketones is 1. The minimum Gasteiger partial charge on any atom is -0.504 e. The minimum absolute atomic E-state index is 0.0108. The van der Waals surface area contributed by atoms with Crippen LogP contribution in [0.15, 0.2) is 46.9 Å². The molecule has 0 spiro atoms. The second kappa shape index (κ2) is 9.88. The smallest absolute Gasteiger partial charge is 0.224 e. The highest BCUT2D eigenvalue weighted by molar-refractivity contribution is 6.06. The summed E-state index contributed by atoms with van der Waals surface area (Å²) in [4.78, 5) is 13.9. The maximum absolute atomic E-state index is 13.9. The van der Waals surface area contributed by atoms with Crippen LogP contribution in [0.25, 0.3) is 0 Å². The summed E-state index contributed by atoms with van der Waals surface area (Å²) in [7, 11) is 0. The number of carbonyl (C=O) groups excluding carboxylic acids is 1. The first-order valence-electron chi connectivity index (χ1n) is 18.7. The topological polar surface area (TPSA) is 96.2 Å². The summed E-state index contributed by atoms with van der Waals surface area (Å²) < 4.78 is 14.0. The summed E-state index contributed by atoms with van der Waals surface area (Å²) >= 11 is 0. The molecule has 48 heavy (non-hydrogen) atoms. The second-order valence-corrected chi connectivity index (χ2v) is 19.2. The van der Waals surface area contributed by atoms with Crippen molar-refractivity contribution in [3.05, 3.63) is 52.5 Å². The molecule has 0 bridgehead atoms. The number of aliphatic hydroxyl groups is 1. The summed E-state index contributed by atoms with van der Waals surface area (Å²) in [5.74, 6) is 0.480. The first-order chi connectivity index (χ1) is 22.3. The van der Waals surface area contributed by atoms with E-state index in [1.54, 1.807) is 6.07 Å². The van der Waals surface area contributed by atoms with Crippen molar-refractivity contribution in [1.82, 2.24) is 0 Å². The number of benzene rings is 1. The number of carbonyl (C=O) groups is 1. The highest BCUT2D eigenvalue weighted by Gasteiger charge is 2.66. The Kier molecular flexibility index (Phi) is 6.65. The van der Waals surface area contributed by atoms with Gasteiger partial charge in [0.1, 0.15) is 22.7 Å². The van der Waals surface area contributed by atoms with Crippen molar-refractivity contribution in [1.29, 1.82) is 0 Å². The largest absolute Gasteiger partial charge is 0.504 e. The van der Waals surface area contributed by atoms with Gasteiger partial charge in [-0.2, -0.15) is 0 Å².